The average molecular weight is 252 g/mol. The summed E-state index contributed by atoms with van der Waals surface area (Å²) in [4.78, 5) is 23.2. The van der Waals surface area contributed by atoms with Gasteiger partial charge in [0.2, 0.25) is 0 Å². The monoisotopic (exact) mass is 252 g/mol. The number of rotatable bonds is 2. The highest BCUT2D eigenvalue weighted by molar-refractivity contribution is 6.07. The average Bonchev–Trinajstić information content (AvgIpc) is 2.57. The van der Waals surface area contributed by atoms with E-state index in [-0.39, 0.29) is 13.2 Å². The van der Waals surface area contributed by atoms with Crippen LogP contribution in [0, 0.1) is 16.7 Å². The molecule has 1 saturated carbocycles. The highest BCUT2D eigenvalue weighted by Crippen LogP contribution is 2.78. The van der Waals surface area contributed by atoms with Gasteiger partial charge in [-0.25, -0.2) is 0 Å². The maximum Gasteiger partial charge on any atom is 0.396 e. The molecule has 0 aromatic rings. The predicted octanol–water partition coefficient (Wildman–Crippen LogP) is 1.29. The first-order valence-corrected chi connectivity index (χ1v) is 5.15. The Bertz CT molecular complexity index is 392. The van der Waals surface area contributed by atoms with Crippen LogP contribution in [0.4, 0.5) is 13.2 Å². The molecular weight excluding hydrogens is 241 g/mol. The normalized spacial score (nSPS) is 39.6. The van der Waals surface area contributed by atoms with E-state index < -0.39 is 34.9 Å². The van der Waals surface area contributed by atoms with E-state index in [0.717, 1.165) is 6.92 Å². The molecule has 0 amide bonds. The van der Waals surface area contributed by atoms with Crippen LogP contribution >= 0.6 is 0 Å². The van der Waals surface area contributed by atoms with Gasteiger partial charge in [0.25, 0.3) is 0 Å². The molecule has 0 N–H and O–H groups in total. The second-order valence-electron chi connectivity index (χ2n) is 4.38. The van der Waals surface area contributed by atoms with Crippen LogP contribution in [0.1, 0.15) is 13.8 Å². The van der Waals surface area contributed by atoms with Gasteiger partial charge in [-0.3, -0.25) is 9.59 Å². The number of hydrogen-bond donors (Lipinski definition) is 0. The van der Waals surface area contributed by atoms with Crippen molar-refractivity contribution in [2.45, 2.75) is 20.0 Å². The predicted molar refractivity (Wildman–Crippen MR) is 47.7 cm³/mol. The van der Waals surface area contributed by atoms with E-state index in [2.05, 4.69) is 9.47 Å². The van der Waals surface area contributed by atoms with E-state index in [4.69, 9.17) is 0 Å². The fourth-order valence-corrected chi connectivity index (χ4v) is 2.73. The lowest BCUT2D eigenvalue weighted by Crippen LogP contribution is -2.39. The van der Waals surface area contributed by atoms with Crippen LogP contribution < -0.4 is 0 Å². The molecule has 2 fully saturated rings. The van der Waals surface area contributed by atoms with Crippen LogP contribution in [0.15, 0.2) is 0 Å². The van der Waals surface area contributed by atoms with Gasteiger partial charge in [-0.05, 0) is 13.8 Å². The van der Waals surface area contributed by atoms with Crippen LogP contribution in [0.3, 0.4) is 0 Å². The smallest absolute Gasteiger partial charge is 0.396 e. The summed E-state index contributed by atoms with van der Waals surface area (Å²) >= 11 is 0. The van der Waals surface area contributed by atoms with Crippen molar-refractivity contribution in [2.24, 2.45) is 16.7 Å². The van der Waals surface area contributed by atoms with E-state index in [1.165, 1.54) is 6.92 Å². The molecule has 96 valence electrons. The van der Waals surface area contributed by atoms with Gasteiger partial charge in [-0.2, -0.15) is 13.2 Å². The topological polar surface area (TPSA) is 52.6 Å². The van der Waals surface area contributed by atoms with Crippen LogP contribution in [0.5, 0.6) is 0 Å². The second-order valence-corrected chi connectivity index (χ2v) is 4.38. The Kier molecular flexibility index (Phi) is 2.25. The number of fused-ring (bicyclic) bond motifs is 1. The molecule has 0 spiro atoms. The van der Waals surface area contributed by atoms with E-state index in [9.17, 15) is 22.8 Å². The minimum atomic E-state index is -4.64. The third-order valence-electron chi connectivity index (χ3n) is 3.84. The lowest BCUT2D eigenvalue weighted by Gasteiger charge is -2.22. The fraction of sp³-hybridized carbons (Fsp3) is 0.800. The first kappa shape index (κ1) is 12.2. The number of hydrogen-bond acceptors (Lipinski definition) is 4. The van der Waals surface area contributed by atoms with E-state index in [0.29, 0.717) is 0 Å². The van der Waals surface area contributed by atoms with Gasteiger partial charge >= 0.3 is 18.1 Å². The van der Waals surface area contributed by atoms with Crippen molar-refractivity contribution in [2.75, 3.05) is 13.2 Å². The van der Waals surface area contributed by atoms with Crippen molar-refractivity contribution < 1.29 is 32.2 Å². The number of carbonyl (C=O) groups excluding carboxylic acids is 2. The molecule has 0 aromatic heterocycles. The summed E-state index contributed by atoms with van der Waals surface area (Å²) in [5, 5.41) is 0. The Morgan fingerprint density at radius 3 is 2.59 bits per heavy atom. The second kappa shape index (κ2) is 3.14. The van der Waals surface area contributed by atoms with Gasteiger partial charge in [-0.15, -0.1) is 0 Å². The Morgan fingerprint density at radius 1 is 1.59 bits per heavy atom. The number of halogens is 3. The molecule has 0 unspecified atom stereocenters. The fourth-order valence-electron chi connectivity index (χ4n) is 2.73. The molecule has 1 aliphatic carbocycles. The third-order valence-corrected chi connectivity index (χ3v) is 3.84. The van der Waals surface area contributed by atoms with Crippen LogP contribution in [0.25, 0.3) is 0 Å². The summed E-state index contributed by atoms with van der Waals surface area (Å²) in [7, 11) is 0. The zero-order chi connectivity index (χ0) is 13.1. The highest BCUT2D eigenvalue weighted by atomic mass is 19.4. The summed E-state index contributed by atoms with van der Waals surface area (Å²) in [5.74, 6) is -3.42. The number of ether oxygens (including phenoxy) is 2. The maximum absolute atomic E-state index is 12.9. The molecule has 17 heavy (non-hydrogen) atoms. The summed E-state index contributed by atoms with van der Waals surface area (Å²) in [6.07, 6.45) is -4.64. The van der Waals surface area contributed by atoms with E-state index >= 15 is 0 Å². The molecular formula is C10H11F3O4. The number of alkyl halides is 3. The SMILES string of the molecule is CCOC(=O)[C@]12C(=O)OC[C@H]1[C@]2(C)C(F)(F)F. The molecule has 1 saturated heterocycles. The zero-order valence-corrected chi connectivity index (χ0v) is 9.26. The summed E-state index contributed by atoms with van der Waals surface area (Å²) in [6.45, 7) is 1.88. The molecule has 0 bridgehead atoms. The highest BCUT2D eigenvalue weighted by Gasteiger charge is 2.95. The number of esters is 2. The molecule has 0 radical (unpaired) electrons. The van der Waals surface area contributed by atoms with Crippen LogP contribution in [-0.4, -0.2) is 31.3 Å². The van der Waals surface area contributed by atoms with Crippen molar-refractivity contribution in [3.63, 3.8) is 0 Å². The number of carbonyl (C=O) groups is 2. The van der Waals surface area contributed by atoms with Crippen molar-refractivity contribution in [1.82, 2.24) is 0 Å². The first-order valence-electron chi connectivity index (χ1n) is 5.15. The van der Waals surface area contributed by atoms with Gasteiger partial charge in [0, 0.05) is 5.92 Å². The maximum atomic E-state index is 12.9. The molecule has 0 aromatic carbocycles. The lowest BCUT2D eigenvalue weighted by molar-refractivity contribution is -0.211. The molecule has 3 atom stereocenters. The quantitative estimate of drug-likeness (QED) is 0.549. The standard InChI is InChI=1S/C10H11F3O4/c1-3-16-6(14)9-5(4-17-7(9)15)8(9,2)10(11,12)13/h5H,3-4H2,1-2H3/t5-,8-,9-/m0/s1. The molecule has 4 nitrogen and oxygen atoms in total. The Balaban J connectivity index is 2.42. The lowest BCUT2D eigenvalue weighted by atomic mass is 9.93. The van der Waals surface area contributed by atoms with E-state index in [1.54, 1.807) is 0 Å². The minimum Gasteiger partial charge on any atom is -0.465 e. The van der Waals surface area contributed by atoms with Gasteiger partial charge in [0.05, 0.1) is 18.6 Å². The van der Waals surface area contributed by atoms with Gasteiger partial charge in [0.1, 0.15) is 0 Å². The van der Waals surface area contributed by atoms with Crippen LogP contribution in [-0.2, 0) is 19.1 Å². The number of cyclic esters (lactones) is 1. The van der Waals surface area contributed by atoms with Gasteiger partial charge in [-0.1, -0.05) is 0 Å². The summed E-state index contributed by atoms with van der Waals surface area (Å²) in [5.41, 5.74) is -4.54. The van der Waals surface area contributed by atoms with Crippen molar-refractivity contribution in [3.8, 4) is 0 Å². The van der Waals surface area contributed by atoms with Gasteiger partial charge in [0.15, 0.2) is 5.41 Å². The molecule has 1 aliphatic heterocycles. The minimum absolute atomic E-state index is 0.0749. The Hall–Kier alpha value is -1.27. The third kappa shape index (κ3) is 1.09. The zero-order valence-electron chi connectivity index (χ0n) is 9.26. The van der Waals surface area contributed by atoms with Gasteiger partial charge < -0.3 is 9.47 Å². The molecule has 2 rings (SSSR count). The van der Waals surface area contributed by atoms with E-state index in [1.807, 2.05) is 0 Å². The van der Waals surface area contributed by atoms with Crippen molar-refractivity contribution in [1.29, 1.82) is 0 Å². The van der Waals surface area contributed by atoms with Crippen molar-refractivity contribution in [3.05, 3.63) is 0 Å². The molecule has 7 heteroatoms. The summed E-state index contributed by atoms with van der Waals surface area (Å²) < 4.78 is 48.0. The Morgan fingerprint density at radius 2 is 2.18 bits per heavy atom. The van der Waals surface area contributed by atoms with Crippen molar-refractivity contribution >= 4 is 11.9 Å². The molecule has 1 heterocycles. The summed E-state index contributed by atoms with van der Waals surface area (Å²) in [6, 6.07) is 0. The molecule has 2 aliphatic rings. The van der Waals surface area contributed by atoms with Crippen LogP contribution in [0.2, 0.25) is 0 Å². The Labute approximate surface area is 95.1 Å². The first-order chi connectivity index (χ1) is 7.74. The largest absolute Gasteiger partial charge is 0.465 e.